The van der Waals surface area contributed by atoms with Crippen LogP contribution in [0.25, 0.3) is 11.1 Å². The zero-order valence-electron chi connectivity index (χ0n) is 20.3. The summed E-state index contributed by atoms with van der Waals surface area (Å²) in [4.78, 5) is 17.2. The molecule has 32 heavy (non-hydrogen) atoms. The summed E-state index contributed by atoms with van der Waals surface area (Å²) < 4.78 is 8.49. The molecule has 0 spiro atoms. The number of nitrogens with one attached hydrogen (secondary N) is 1. The molecule has 8 heteroatoms. The third kappa shape index (κ3) is 4.52. The Morgan fingerprint density at radius 3 is 2.59 bits per heavy atom. The van der Waals surface area contributed by atoms with E-state index in [1.807, 2.05) is 12.3 Å². The van der Waals surface area contributed by atoms with E-state index in [9.17, 15) is 4.79 Å². The average molecular weight is 475 g/mol. The van der Waals surface area contributed by atoms with E-state index in [1.165, 1.54) is 5.69 Å². The van der Waals surface area contributed by atoms with Crippen molar-refractivity contribution in [3.8, 4) is 11.1 Å². The van der Waals surface area contributed by atoms with Gasteiger partial charge in [-0.25, -0.2) is 4.98 Å². The van der Waals surface area contributed by atoms with E-state index < -0.39 is 8.32 Å². The zero-order chi connectivity index (χ0) is 23.5. The lowest BCUT2D eigenvalue weighted by Crippen LogP contribution is -2.49. The van der Waals surface area contributed by atoms with Gasteiger partial charge in [-0.2, -0.15) is 5.10 Å². The molecule has 2 aromatic heterocycles. The summed E-state index contributed by atoms with van der Waals surface area (Å²) in [5.74, 6) is 0.495. The minimum Gasteiger partial charge on any atom is -0.414 e. The fraction of sp³-hybridized carbons (Fsp3) is 0.625. The molecule has 0 radical (unpaired) electrons. The first-order chi connectivity index (χ1) is 14.8. The second-order valence-corrected chi connectivity index (χ2v) is 16.9. The molecule has 3 heterocycles. The molecule has 4 rings (SSSR count). The first-order valence-electron chi connectivity index (χ1n) is 11.4. The molecule has 0 atom stereocenters. The Kier molecular flexibility index (Phi) is 5.83. The van der Waals surface area contributed by atoms with Crippen molar-refractivity contribution in [2.45, 2.75) is 84.7 Å². The van der Waals surface area contributed by atoms with Crippen molar-refractivity contribution in [1.29, 1.82) is 0 Å². The quantitative estimate of drug-likeness (QED) is 0.546. The number of fused-ring (bicyclic) bond motifs is 1. The maximum absolute atomic E-state index is 12.8. The van der Waals surface area contributed by atoms with Crippen molar-refractivity contribution in [1.82, 2.24) is 14.8 Å². The van der Waals surface area contributed by atoms with Crippen LogP contribution in [0.15, 0.2) is 18.5 Å². The van der Waals surface area contributed by atoms with Gasteiger partial charge in [0.1, 0.15) is 5.82 Å². The number of carbonyl (C=O) groups is 1. The topological polar surface area (TPSA) is 69.0 Å². The van der Waals surface area contributed by atoms with E-state index in [-0.39, 0.29) is 28.4 Å². The highest BCUT2D eigenvalue weighted by Crippen LogP contribution is 2.42. The molecule has 174 valence electrons. The fourth-order valence-corrected chi connectivity index (χ4v) is 5.87. The molecule has 1 amide bonds. The van der Waals surface area contributed by atoms with Crippen LogP contribution < -0.4 is 5.32 Å². The number of aromatic nitrogens is 3. The lowest BCUT2D eigenvalue weighted by Gasteiger charge is -2.44. The van der Waals surface area contributed by atoms with Gasteiger partial charge in [-0.05, 0) is 48.9 Å². The van der Waals surface area contributed by atoms with Gasteiger partial charge in [0, 0.05) is 41.6 Å². The van der Waals surface area contributed by atoms with E-state index in [4.69, 9.17) is 16.0 Å². The van der Waals surface area contributed by atoms with E-state index in [2.05, 4.69) is 67.8 Å². The Hall–Kier alpha value is -1.70. The van der Waals surface area contributed by atoms with Gasteiger partial charge in [0.25, 0.3) is 0 Å². The summed E-state index contributed by atoms with van der Waals surface area (Å²) in [6, 6.07) is 1.87. The van der Waals surface area contributed by atoms with Crippen LogP contribution in [0.4, 0.5) is 5.82 Å². The summed E-state index contributed by atoms with van der Waals surface area (Å²) in [6.07, 6.45) is 6.14. The van der Waals surface area contributed by atoms with Crippen LogP contribution in [0.3, 0.4) is 0 Å². The predicted molar refractivity (Wildman–Crippen MR) is 131 cm³/mol. The molecule has 2 aromatic rings. The van der Waals surface area contributed by atoms with Gasteiger partial charge in [0.15, 0.2) is 8.32 Å². The Bertz CT molecular complexity index is 1040. The van der Waals surface area contributed by atoms with Gasteiger partial charge in [-0.1, -0.05) is 46.2 Å². The molecule has 1 saturated carbocycles. The number of hydrogen-bond donors (Lipinski definition) is 1. The van der Waals surface area contributed by atoms with Crippen LogP contribution in [0, 0.1) is 11.3 Å². The summed E-state index contributed by atoms with van der Waals surface area (Å²) in [5, 5.41) is 8.27. The SMILES string of the molecule is CC1(C)Cc2c(-c3cc(NC(=O)[C@H]4C[C@@H](O[Si](C)(C)C(C)(C)C)C4)ncc3Cl)cnn2C1. The van der Waals surface area contributed by atoms with Gasteiger partial charge in [-0.3, -0.25) is 9.48 Å². The Morgan fingerprint density at radius 2 is 1.94 bits per heavy atom. The molecular formula is C24H35ClN4O2Si. The largest absolute Gasteiger partial charge is 0.414 e. The first-order valence-corrected chi connectivity index (χ1v) is 14.7. The molecule has 6 nitrogen and oxygen atoms in total. The zero-order valence-corrected chi connectivity index (χ0v) is 22.0. The molecule has 2 aliphatic rings. The van der Waals surface area contributed by atoms with E-state index in [1.54, 1.807) is 6.20 Å². The van der Waals surface area contributed by atoms with E-state index in [0.717, 1.165) is 36.9 Å². The summed E-state index contributed by atoms with van der Waals surface area (Å²) in [6.45, 7) is 16.6. The van der Waals surface area contributed by atoms with Crippen molar-refractivity contribution in [2.75, 3.05) is 5.32 Å². The summed E-state index contributed by atoms with van der Waals surface area (Å²) in [5.41, 5.74) is 3.25. The number of amides is 1. The van der Waals surface area contributed by atoms with Crippen molar-refractivity contribution in [3.05, 3.63) is 29.2 Å². The monoisotopic (exact) mass is 474 g/mol. The molecule has 0 bridgehead atoms. The highest BCUT2D eigenvalue weighted by Gasteiger charge is 2.44. The van der Waals surface area contributed by atoms with Crippen LogP contribution in [0.2, 0.25) is 23.2 Å². The smallest absolute Gasteiger partial charge is 0.228 e. The third-order valence-corrected chi connectivity index (χ3v) is 12.1. The van der Waals surface area contributed by atoms with Crippen LogP contribution in [0.5, 0.6) is 0 Å². The van der Waals surface area contributed by atoms with E-state index >= 15 is 0 Å². The third-order valence-electron chi connectivity index (χ3n) is 7.30. The molecule has 1 aliphatic heterocycles. The van der Waals surface area contributed by atoms with Crippen molar-refractivity contribution in [2.24, 2.45) is 11.3 Å². The molecule has 1 fully saturated rings. The average Bonchev–Trinajstić information content (AvgIpc) is 3.13. The minimum absolute atomic E-state index is 0.00206. The Morgan fingerprint density at radius 1 is 1.25 bits per heavy atom. The molecule has 0 unspecified atom stereocenters. The highest BCUT2D eigenvalue weighted by atomic mass is 35.5. The van der Waals surface area contributed by atoms with Crippen LogP contribution in [-0.4, -0.2) is 35.1 Å². The van der Waals surface area contributed by atoms with Gasteiger partial charge < -0.3 is 9.74 Å². The van der Waals surface area contributed by atoms with Gasteiger partial charge in [-0.15, -0.1) is 0 Å². The first kappa shape index (κ1) is 23.5. The molecule has 1 N–H and O–H groups in total. The maximum atomic E-state index is 12.8. The Balaban J connectivity index is 1.41. The maximum Gasteiger partial charge on any atom is 0.228 e. The van der Waals surface area contributed by atoms with Crippen LogP contribution >= 0.6 is 11.6 Å². The molecule has 1 aliphatic carbocycles. The molecule has 0 saturated heterocycles. The van der Waals surface area contributed by atoms with Crippen LogP contribution in [0.1, 0.15) is 53.2 Å². The van der Waals surface area contributed by atoms with Crippen LogP contribution in [-0.2, 0) is 22.2 Å². The second kappa shape index (κ2) is 7.96. The lowest BCUT2D eigenvalue weighted by atomic mass is 9.82. The number of nitrogens with zero attached hydrogens (tertiary/aromatic N) is 3. The molecular weight excluding hydrogens is 440 g/mol. The second-order valence-electron chi connectivity index (χ2n) is 11.7. The number of halogens is 1. The fourth-order valence-electron chi connectivity index (χ4n) is 4.28. The lowest BCUT2D eigenvalue weighted by molar-refractivity contribution is -0.125. The van der Waals surface area contributed by atoms with Gasteiger partial charge in [0.05, 0.1) is 11.2 Å². The van der Waals surface area contributed by atoms with Crippen molar-refractivity contribution in [3.63, 3.8) is 0 Å². The predicted octanol–water partition coefficient (Wildman–Crippen LogP) is 5.92. The number of carbonyl (C=O) groups excluding carboxylic acids is 1. The summed E-state index contributed by atoms with van der Waals surface area (Å²) in [7, 11) is -1.81. The van der Waals surface area contributed by atoms with Gasteiger partial charge in [0.2, 0.25) is 5.91 Å². The normalized spacial score (nSPS) is 22.4. The number of hydrogen-bond acceptors (Lipinski definition) is 4. The standard InChI is InChI=1S/C24H35ClN4O2Si/c1-23(2,3)32(6,7)31-16-8-15(9-16)22(30)28-21-10-17(19(25)13-26-21)18-12-27-29-14-24(4,5)11-20(18)29/h10,12-13,15-16H,8-9,11,14H2,1-7H3,(H,26,28,30)/t15-,16+. The van der Waals surface area contributed by atoms with E-state index in [0.29, 0.717) is 10.8 Å². The van der Waals surface area contributed by atoms with Crippen molar-refractivity contribution >= 4 is 31.6 Å². The minimum atomic E-state index is -1.81. The number of pyridine rings is 1. The number of anilines is 1. The number of rotatable bonds is 5. The van der Waals surface area contributed by atoms with Crippen molar-refractivity contribution < 1.29 is 9.22 Å². The summed E-state index contributed by atoms with van der Waals surface area (Å²) >= 11 is 6.49. The molecule has 0 aromatic carbocycles. The Labute approximate surface area is 197 Å². The highest BCUT2D eigenvalue weighted by molar-refractivity contribution is 6.74. The van der Waals surface area contributed by atoms with Gasteiger partial charge >= 0.3 is 0 Å².